The number of rotatable bonds is 8. The van der Waals surface area contributed by atoms with E-state index in [9.17, 15) is 9.59 Å². The third-order valence-corrected chi connectivity index (χ3v) is 3.72. The molecule has 1 aliphatic heterocycles. The molecule has 1 atom stereocenters. The largest absolute Gasteiger partial charge is 0.635 e. The van der Waals surface area contributed by atoms with Crippen molar-refractivity contribution >= 4 is 19.3 Å². The molecule has 0 bridgehead atoms. The van der Waals surface area contributed by atoms with Gasteiger partial charge in [0.1, 0.15) is 6.23 Å². The summed E-state index contributed by atoms with van der Waals surface area (Å²) in [6, 6.07) is 9.15. The van der Waals surface area contributed by atoms with Crippen molar-refractivity contribution in [3.05, 3.63) is 48.6 Å². The molecule has 1 aliphatic rings. The molecule has 1 heterocycles. The summed E-state index contributed by atoms with van der Waals surface area (Å²) in [5, 5.41) is 20.4. The molecular formula is C16H21BN2O6. The second-order valence-corrected chi connectivity index (χ2v) is 5.70. The van der Waals surface area contributed by atoms with Crippen molar-refractivity contribution in [2.75, 3.05) is 19.7 Å². The van der Waals surface area contributed by atoms with Crippen molar-refractivity contribution in [2.24, 2.45) is 5.92 Å². The van der Waals surface area contributed by atoms with Gasteiger partial charge in [0.15, 0.2) is 0 Å². The molecule has 0 aliphatic carbocycles. The Morgan fingerprint density at radius 3 is 2.64 bits per heavy atom. The van der Waals surface area contributed by atoms with Gasteiger partial charge in [-0.3, -0.25) is 10.1 Å². The zero-order valence-corrected chi connectivity index (χ0v) is 13.7. The van der Waals surface area contributed by atoms with Gasteiger partial charge in [-0.15, -0.1) is 0 Å². The van der Waals surface area contributed by atoms with Crippen LogP contribution in [0.15, 0.2) is 43.0 Å². The highest BCUT2D eigenvalue weighted by Crippen LogP contribution is 2.16. The monoisotopic (exact) mass is 348 g/mol. The van der Waals surface area contributed by atoms with Gasteiger partial charge in [-0.25, -0.2) is 4.79 Å². The zero-order valence-electron chi connectivity index (χ0n) is 13.7. The smallest absolute Gasteiger partial charge is 0.449 e. The van der Waals surface area contributed by atoms with Gasteiger partial charge in [0.2, 0.25) is 5.91 Å². The Balaban J connectivity index is 1.75. The maximum Gasteiger partial charge on any atom is 0.635 e. The molecule has 134 valence electrons. The normalized spacial score (nSPS) is 15.0. The van der Waals surface area contributed by atoms with Gasteiger partial charge >= 0.3 is 13.4 Å². The third-order valence-electron chi connectivity index (χ3n) is 3.72. The highest BCUT2D eigenvalue weighted by atomic mass is 16.6. The average molecular weight is 348 g/mol. The highest BCUT2D eigenvalue weighted by Gasteiger charge is 2.30. The Hall–Kier alpha value is -2.36. The molecule has 0 spiro atoms. The Morgan fingerprint density at radius 1 is 1.36 bits per heavy atom. The Morgan fingerprint density at radius 2 is 2.04 bits per heavy atom. The van der Waals surface area contributed by atoms with Gasteiger partial charge in [0.25, 0.3) is 0 Å². The van der Waals surface area contributed by atoms with E-state index >= 15 is 0 Å². The van der Waals surface area contributed by atoms with E-state index in [0.717, 1.165) is 5.56 Å². The summed E-state index contributed by atoms with van der Waals surface area (Å²) in [4.78, 5) is 24.8. The van der Waals surface area contributed by atoms with E-state index in [4.69, 9.17) is 19.4 Å². The molecule has 0 aromatic heterocycles. The molecule has 8 nitrogen and oxygen atoms in total. The summed E-state index contributed by atoms with van der Waals surface area (Å²) < 4.78 is 9.97. The first-order valence-electron chi connectivity index (χ1n) is 7.88. The van der Waals surface area contributed by atoms with Gasteiger partial charge < -0.3 is 24.3 Å². The van der Waals surface area contributed by atoms with Gasteiger partial charge in [0, 0.05) is 25.4 Å². The lowest BCUT2D eigenvalue weighted by atomic mass is 10.0. The summed E-state index contributed by atoms with van der Waals surface area (Å²) in [5.41, 5.74) is 0.853. The predicted octanol–water partition coefficient (Wildman–Crippen LogP) is -0.0881. The molecule has 1 aromatic carbocycles. The summed E-state index contributed by atoms with van der Waals surface area (Å²) in [6.45, 7) is 4.59. The van der Waals surface area contributed by atoms with Crippen LogP contribution in [0.3, 0.4) is 0 Å². The van der Waals surface area contributed by atoms with Crippen molar-refractivity contribution in [1.29, 1.82) is 0 Å². The maximum absolute atomic E-state index is 11.9. The van der Waals surface area contributed by atoms with E-state index < -0.39 is 19.6 Å². The molecular weight excluding hydrogens is 327 g/mol. The van der Waals surface area contributed by atoms with Crippen LogP contribution in [-0.2, 0) is 20.6 Å². The second-order valence-electron chi connectivity index (χ2n) is 5.70. The molecule has 0 saturated carbocycles. The number of alkyl carbamates (subject to hydrolysis) is 1. The van der Waals surface area contributed by atoms with Crippen LogP contribution in [0.1, 0.15) is 5.56 Å². The molecule has 0 radical (unpaired) electrons. The predicted molar refractivity (Wildman–Crippen MR) is 90.0 cm³/mol. The van der Waals surface area contributed by atoms with Crippen molar-refractivity contribution in [3.63, 3.8) is 0 Å². The quantitative estimate of drug-likeness (QED) is 0.344. The van der Waals surface area contributed by atoms with Crippen molar-refractivity contribution in [3.8, 4) is 0 Å². The average Bonchev–Trinajstić information content (AvgIpc) is 2.53. The zero-order chi connectivity index (χ0) is 18.2. The lowest BCUT2D eigenvalue weighted by molar-refractivity contribution is -0.132. The number of hydrogen-bond donors (Lipinski definition) is 3. The number of likely N-dealkylation sites (tertiary alicyclic amines) is 1. The standard InChI is InChI=1S/C16H21BN2O6/c1-2-15(20)19-9-13(10-19)11-24-16(21)18-14(25-17(22)23)8-12-6-4-3-5-7-12/h2-7,13-14,22-23H,1,8-11H2,(H,18,21)/t14-/m1/s1. The number of carbonyl (C=O) groups is 2. The van der Waals surface area contributed by atoms with E-state index in [-0.39, 0.29) is 24.9 Å². The van der Waals surface area contributed by atoms with Gasteiger partial charge in [0.05, 0.1) is 6.61 Å². The van der Waals surface area contributed by atoms with Gasteiger partial charge in [-0.2, -0.15) is 0 Å². The number of ether oxygens (including phenoxy) is 1. The lowest BCUT2D eigenvalue weighted by Crippen LogP contribution is -2.52. The molecule has 1 fully saturated rings. The van der Waals surface area contributed by atoms with Crippen molar-refractivity contribution < 1.29 is 29.0 Å². The van der Waals surface area contributed by atoms with Gasteiger partial charge in [-0.05, 0) is 11.6 Å². The van der Waals surface area contributed by atoms with E-state index in [2.05, 4.69) is 11.9 Å². The molecule has 1 aromatic rings. The van der Waals surface area contributed by atoms with E-state index in [1.54, 1.807) is 4.90 Å². The minimum absolute atomic E-state index is 0.0755. The van der Waals surface area contributed by atoms with Gasteiger partial charge in [-0.1, -0.05) is 36.9 Å². The summed E-state index contributed by atoms with van der Waals surface area (Å²) in [7, 11) is -2.01. The number of carbonyl (C=O) groups excluding carboxylic acids is 2. The van der Waals surface area contributed by atoms with E-state index in [0.29, 0.717) is 13.1 Å². The third kappa shape index (κ3) is 6.22. The number of nitrogens with zero attached hydrogens (tertiary/aromatic N) is 1. The molecule has 9 heteroatoms. The summed E-state index contributed by atoms with van der Waals surface area (Å²) in [5.74, 6) is -0.0690. The van der Waals surface area contributed by atoms with Crippen LogP contribution in [0, 0.1) is 5.92 Å². The fraction of sp³-hybridized carbons (Fsp3) is 0.375. The van der Waals surface area contributed by atoms with Crippen LogP contribution in [0.25, 0.3) is 0 Å². The van der Waals surface area contributed by atoms with Crippen LogP contribution in [-0.4, -0.2) is 60.2 Å². The fourth-order valence-electron chi connectivity index (χ4n) is 2.46. The highest BCUT2D eigenvalue weighted by molar-refractivity contribution is 6.32. The molecule has 2 rings (SSSR count). The maximum atomic E-state index is 11.9. The molecule has 25 heavy (non-hydrogen) atoms. The number of amides is 2. The minimum atomic E-state index is -2.01. The molecule has 2 amide bonds. The van der Waals surface area contributed by atoms with Crippen LogP contribution in [0.4, 0.5) is 4.79 Å². The SMILES string of the molecule is C=CC(=O)N1CC(COC(=O)N[C@@H](Cc2ccccc2)OB(O)O)C1. The first kappa shape index (κ1) is 19.0. The first-order valence-corrected chi connectivity index (χ1v) is 7.88. The summed E-state index contributed by atoms with van der Waals surface area (Å²) in [6.07, 6.45) is -0.182. The fourth-order valence-corrected chi connectivity index (χ4v) is 2.46. The van der Waals surface area contributed by atoms with Crippen molar-refractivity contribution in [2.45, 2.75) is 12.6 Å². The van der Waals surface area contributed by atoms with E-state index in [1.807, 2.05) is 30.3 Å². The Labute approximate surface area is 146 Å². The topological polar surface area (TPSA) is 108 Å². The first-order chi connectivity index (χ1) is 12.0. The number of nitrogens with one attached hydrogen (secondary N) is 1. The second kappa shape index (κ2) is 9.21. The Kier molecular flexibility index (Phi) is 6.99. The molecule has 0 unspecified atom stereocenters. The number of hydrogen-bond acceptors (Lipinski definition) is 6. The number of benzene rings is 1. The van der Waals surface area contributed by atoms with Crippen molar-refractivity contribution in [1.82, 2.24) is 10.2 Å². The molecule has 3 N–H and O–H groups in total. The minimum Gasteiger partial charge on any atom is -0.449 e. The van der Waals surface area contributed by atoms with E-state index in [1.165, 1.54) is 6.08 Å². The molecule has 1 saturated heterocycles. The lowest BCUT2D eigenvalue weighted by Gasteiger charge is -2.38. The van der Waals surface area contributed by atoms with Crippen LogP contribution < -0.4 is 5.32 Å². The summed E-state index contributed by atoms with van der Waals surface area (Å²) >= 11 is 0. The Bertz CT molecular complexity index is 592. The van der Waals surface area contributed by atoms with Crippen LogP contribution in [0.2, 0.25) is 0 Å². The van der Waals surface area contributed by atoms with Crippen LogP contribution in [0.5, 0.6) is 0 Å². The van der Waals surface area contributed by atoms with Crippen LogP contribution >= 0.6 is 0 Å².